The Morgan fingerprint density at radius 1 is 1.17 bits per heavy atom. The van der Waals surface area contributed by atoms with Crippen LogP contribution in [-0.2, 0) is 0 Å². The summed E-state index contributed by atoms with van der Waals surface area (Å²) in [4.78, 5) is 8.98. The summed E-state index contributed by atoms with van der Waals surface area (Å²) in [6.45, 7) is 2.04. The van der Waals surface area contributed by atoms with Crippen LogP contribution in [0.15, 0.2) is 42.7 Å². The number of aromatic amines is 1. The predicted molar refractivity (Wildman–Crippen MR) is 90.2 cm³/mol. The third kappa shape index (κ3) is 2.34. The molecule has 0 saturated carbocycles. The van der Waals surface area contributed by atoms with E-state index in [1.807, 2.05) is 43.5 Å². The van der Waals surface area contributed by atoms with E-state index in [9.17, 15) is 0 Å². The van der Waals surface area contributed by atoms with Gasteiger partial charge in [-0.1, -0.05) is 18.2 Å². The van der Waals surface area contributed by atoms with E-state index in [-0.39, 0.29) is 0 Å². The zero-order valence-electron chi connectivity index (χ0n) is 12.8. The molecule has 0 fully saturated rings. The van der Waals surface area contributed by atoms with Crippen molar-refractivity contribution in [2.75, 3.05) is 12.4 Å². The molecule has 2 aromatic heterocycles. The normalized spacial score (nSPS) is 11.0. The molecule has 0 bridgehead atoms. The second-order valence-electron chi connectivity index (χ2n) is 5.34. The molecule has 2 heterocycles. The molecule has 6 nitrogen and oxygen atoms in total. The number of para-hydroxylation sites is 1. The van der Waals surface area contributed by atoms with Crippen molar-refractivity contribution in [1.29, 1.82) is 0 Å². The summed E-state index contributed by atoms with van der Waals surface area (Å²) in [5.74, 6) is 1.29. The Balaban J connectivity index is 1.76. The summed E-state index contributed by atoms with van der Waals surface area (Å²) >= 11 is 0. The van der Waals surface area contributed by atoms with Crippen molar-refractivity contribution in [3.8, 4) is 5.75 Å². The van der Waals surface area contributed by atoms with E-state index in [0.717, 1.165) is 38.8 Å². The van der Waals surface area contributed by atoms with Gasteiger partial charge in [-0.25, -0.2) is 9.97 Å². The summed E-state index contributed by atoms with van der Waals surface area (Å²) < 4.78 is 5.41. The Kier molecular flexibility index (Phi) is 3.08. The van der Waals surface area contributed by atoms with Gasteiger partial charge in [0.05, 0.1) is 29.7 Å². The maximum absolute atomic E-state index is 5.41. The number of hydrogen-bond donors (Lipinski definition) is 2. The van der Waals surface area contributed by atoms with Crippen LogP contribution >= 0.6 is 0 Å². The largest absolute Gasteiger partial charge is 0.496 e. The van der Waals surface area contributed by atoms with Crippen LogP contribution in [0.25, 0.3) is 21.8 Å². The summed E-state index contributed by atoms with van der Waals surface area (Å²) in [5.41, 5.74) is 3.80. The molecular weight excluding hydrogens is 290 g/mol. The van der Waals surface area contributed by atoms with E-state index in [0.29, 0.717) is 5.95 Å². The number of H-pyrrole nitrogens is 1. The zero-order valence-corrected chi connectivity index (χ0v) is 12.8. The molecule has 114 valence electrons. The van der Waals surface area contributed by atoms with Crippen LogP contribution in [-0.4, -0.2) is 27.3 Å². The quantitative estimate of drug-likeness (QED) is 0.605. The number of rotatable bonds is 3. The van der Waals surface area contributed by atoms with E-state index < -0.39 is 0 Å². The van der Waals surface area contributed by atoms with Crippen molar-refractivity contribution >= 4 is 33.4 Å². The second-order valence-corrected chi connectivity index (χ2v) is 5.34. The van der Waals surface area contributed by atoms with Crippen LogP contribution in [0, 0.1) is 6.92 Å². The summed E-state index contributed by atoms with van der Waals surface area (Å²) in [7, 11) is 1.64. The zero-order chi connectivity index (χ0) is 15.8. The van der Waals surface area contributed by atoms with Crippen LogP contribution in [0.2, 0.25) is 0 Å². The second kappa shape index (κ2) is 5.24. The van der Waals surface area contributed by atoms with Crippen molar-refractivity contribution in [2.24, 2.45) is 0 Å². The summed E-state index contributed by atoms with van der Waals surface area (Å²) in [6, 6.07) is 9.91. The molecule has 0 saturated heterocycles. The number of benzene rings is 2. The Morgan fingerprint density at radius 3 is 2.96 bits per heavy atom. The molecule has 2 N–H and O–H groups in total. The Hall–Kier alpha value is -3.15. The standard InChI is InChI=1S/C17H15N5O/c1-10-4-3-5-11-8-18-17(21-16(10)11)20-12-6-14-13(9-19-22-14)15(7-12)23-2/h3-9H,1-2H3,(H,19,22)(H,18,20,21). The van der Waals surface area contributed by atoms with Gasteiger partial charge in [0.2, 0.25) is 5.95 Å². The molecule has 4 aromatic rings. The SMILES string of the molecule is COc1cc(Nc2ncc3cccc(C)c3n2)cc2[nH]ncc12. The molecule has 4 rings (SSSR count). The highest BCUT2D eigenvalue weighted by atomic mass is 16.5. The molecule has 23 heavy (non-hydrogen) atoms. The van der Waals surface area contributed by atoms with Crippen LogP contribution in [0.5, 0.6) is 5.75 Å². The number of aryl methyl sites for hydroxylation is 1. The fraction of sp³-hybridized carbons (Fsp3) is 0.118. The number of nitrogens with zero attached hydrogens (tertiary/aromatic N) is 3. The molecule has 0 aliphatic rings. The van der Waals surface area contributed by atoms with Crippen molar-refractivity contribution in [3.05, 3.63) is 48.3 Å². The fourth-order valence-corrected chi connectivity index (χ4v) is 2.65. The van der Waals surface area contributed by atoms with E-state index in [1.54, 1.807) is 13.3 Å². The van der Waals surface area contributed by atoms with Gasteiger partial charge in [-0.15, -0.1) is 0 Å². The number of anilines is 2. The first-order valence-electron chi connectivity index (χ1n) is 7.25. The highest BCUT2D eigenvalue weighted by Crippen LogP contribution is 2.29. The number of fused-ring (bicyclic) bond motifs is 2. The Labute approximate surface area is 132 Å². The van der Waals surface area contributed by atoms with Crippen LogP contribution in [0.1, 0.15) is 5.56 Å². The minimum atomic E-state index is 0.549. The lowest BCUT2D eigenvalue weighted by Gasteiger charge is -2.09. The summed E-state index contributed by atoms with van der Waals surface area (Å²) in [5, 5.41) is 12.2. The third-order valence-corrected chi connectivity index (χ3v) is 3.81. The molecule has 0 spiro atoms. The number of nitrogens with one attached hydrogen (secondary N) is 2. The monoisotopic (exact) mass is 305 g/mol. The minimum Gasteiger partial charge on any atom is -0.496 e. The van der Waals surface area contributed by atoms with Gasteiger partial charge in [0.15, 0.2) is 0 Å². The van der Waals surface area contributed by atoms with Crippen LogP contribution in [0.4, 0.5) is 11.6 Å². The lowest BCUT2D eigenvalue weighted by Crippen LogP contribution is -1.98. The van der Waals surface area contributed by atoms with Crippen molar-refractivity contribution in [1.82, 2.24) is 20.2 Å². The molecular formula is C17H15N5O. The molecule has 2 aromatic carbocycles. The number of ether oxygens (including phenoxy) is 1. The first-order valence-corrected chi connectivity index (χ1v) is 7.25. The van der Waals surface area contributed by atoms with Crippen molar-refractivity contribution in [3.63, 3.8) is 0 Å². The molecule has 0 unspecified atom stereocenters. The van der Waals surface area contributed by atoms with Crippen LogP contribution in [0.3, 0.4) is 0 Å². The van der Waals surface area contributed by atoms with E-state index >= 15 is 0 Å². The lowest BCUT2D eigenvalue weighted by molar-refractivity contribution is 0.420. The number of hydrogen-bond acceptors (Lipinski definition) is 5. The van der Waals surface area contributed by atoms with Gasteiger partial charge in [0, 0.05) is 23.3 Å². The van der Waals surface area contributed by atoms with Crippen molar-refractivity contribution in [2.45, 2.75) is 6.92 Å². The highest BCUT2D eigenvalue weighted by Gasteiger charge is 2.08. The first kappa shape index (κ1) is 13.5. The Bertz CT molecular complexity index is 1010. The minimum absolute atomic E-state index is 0.549. The Morgan fingerprint density at radius 2 is 2.09 bits per heavy atom. The molecule has 0 radical (unpaired) electrons. The summed E-state index contributed by atoms with van der Waals surface area (Å²) in [6.07, 6.45) is 3.57. The van der Waals surface area contributed by atoms with Gasteiger partial charge < -0.3 is 10.1 Å². The van der Waals surface area contributed by atoms with Crippen molar-refractivity contribution < 1.29 is 4.74 Å². The maximum Gasteiger partial charge on any atom is 0.227 e. The first-order chi connectivity index (χ1) is 11.2. The molecule has 0 atom stereocenters. The molecule has 0 aliphatic carbocycles. The average molecular weight is 305 g/mol. The molecule has 0 amide bonds. The predicted octanol–water partition coefficient (Wildman–Crippen LogP) is 3.57. The van der Waals surface area contributed by atoms with Gasteiger partial charge in [0.1, 0.15) is 5.75 Å². The van der Waals surface area contributed by atoms with E-state index in [1.165, 1.54) is 0 Å². The topological polar surface area (TPSA) is 75.7 Å². The molecule has 0 aliphatic heterocycles. The van der Waals surface area contributed by atoms with Gasteiger partial charge in [0.25, 0.3) is 0 Å². The fourth-order valence-electron chi connectivity index (χ4n) is 2.65. The average Bonchev–Trinajstić information content (AvgIpc) is 3.03. The van der Waals surface area contributed by atoms with E-state index in [2.05, 4.69) is 25.5 Å². The van der Waals surface area contributed by atoms with Gasteiger partial charge >= 0.3 is 0 Å². The highest BCUT2D eigenvalue weighted by molar-refractivity contribution is 5.89. The maximum atomic E-state index is 5.41. The van der Waals surface area contributed by atoms with Gasteiger partial charge in [-0.2, -0.15) is 5.10 Å². The van der Waals surface area contributed by atoms with Gasteiger partial charge in [-0.05, 0) is 18.6 Å². The third-order valence-electron chi connectivity index (χ3n) is 3.81. The molecule has 6 heteroatoms. The number of methoxy groups -OCH3 is 1. The lowest BCUT2D eigenvalue weighted by atomic mass is 10.1. The number of aromatic nitrogens is 4. The van der Waals surface area contributed by atoms with Gasteiger partial charge in [-0.3, -0.25) is 5.10 Å². The van der Waals surface area contributed by atoms with Crippen LogP contribution < -0.4 is 10.1 Å². The smallest absolute Gasteiger partial charge is 0.227 e. The van der Waals surface area contributed by atoms with E-state index in [4.69, 9.17) is 4.74 Å².